The Balaban J connectivity index is 1.73. The average molecular weight is 365 g/mol. The first-order valence-corrected chi connectivity index (χ1v) is 8.69. The lowest BCUT2D eigenvalue weighted by atomic mass is 9.92. The molecule has 2 amide bonds. The number of nitrogens with zero attached hydrogens (tertiary/aromatic N) is 4. The zero-order chi connectivity index (χ0) is 19.0. The van der Waals surface area contributed by atoms with Gasteiger partial charge in [0.15, 0.2) is 11.3 Å². The highest BCUT2D eigenvalue weighted by Crippen LogP contribution is 2.25. The van der Waals surface area contributed by atoms with Gasteiger partial charge in [0.2, 0.25) is 0 Å². The van der Waals surface area contributed by atoms with Crippen LogP contribution in [0.15, 0.2) is 48.8 Å². The first-order valence-electron chi connectivity index (χ1n) is 8.69. The fourth-order valence-corrected chi connectivity index (χ4v) is 3.46. The van der Waals surface area contributed by atoms with Crippen LogP contribution in [-0.2, 0) is 4.79 Å². The summed E-state index contributed by atoms with van der Waals surface area (Å²) in [4.78, 5) is 30.4. The van der Waals surface area contributed by atoms with E-state index < -0.39 is 11.5 Å². The van der Waals surface area contributed by atoms with Crippen LogP contribution in [0.4, 0.5) is 0 Å². The van der Waals surface area contributed by atoms with Crippen molar-refractivity contribution < 1.29 is 14.7 Å². The van der Waals surface area contributed by atoms with Crippen LogP contribution in [0.1, 0.15) is 23.3 Å². The summed E-state index contributed by atoms with van der Waals surface area (Å²) in [5.74, 6) is -1.19. The molecule has 1 aromatic carbocycles. The Kier molecular flexibility index (Phi) is 4.12. The highest BCUT2D eigenvalue weighted by atomic mass is 16.3. The van der Waals surface area contributed by atoms with Crippen LogP contribution in [-0.4, -0.2) is 55.3 Å². The molecule has 1 atom stereocenters. The summed E-state index contributed by atoms with van der Waals surface area (Å²) in [6, 6.07) is 11.2. The maximum absolute atomic E-state index is 13.1. The molecule has 8 heteroatoms. The number of amides is 2. The van der Waals surface area contributed by atoms with Crippen LogP contribution in [0.2, 0.25) is 0 Å². The number of aromatic nitrogens is 3. The second-order valence-corrected chi connectivity index (χ2v) is 6.71. The van der Waals surface area contributed by atoms with E-state index >= 15 is 0 Å². The van der Waals surface area contributed by atoms with Crippen molar-refractivity contribution >= 4 is 22.7 Å². The van der Waals surface area contributed by atoms with Gasteiger partial charge < -0.3 is 15.7 Å². The zero-order valence-electron chi connectivity index (χ0n) is 14.6. The molecule has 0 spiro atoms. The van der Waals surface area contributed by atoms with E-state index in [2.05, 4.69) is 10.1 Å². The number of carbonyl (C=O) groups excluding carboxylic acids is 2. The number of primary amides is 1. The number of benzene rings is 1. The Bertz CT molecular complexity index is 1030. The maximum atomic E-state index is 13.1. The van der Waals surface area contributed by atoms with Gasteiger partial charge in [0.05, 0.1) is 23.9 Å². The SMILES string of the molecule is NC(=O)C1(O)CCCN(C(=O)c2ncccc2-n2ncc3ccccc32)C1. The van der Waals surface area contributed by atoms with E-state index in [-0.39, 0.29) is 24.6 Å². The molecule has 0 aliphatic carbocycles. The van der Waals surface area contributed by atoms with Gasteiger partial charge in [0, 0.05) is 18.1 Å². The van der Waals surface area contributed by atoms with Gasteiger partial charge in [-0.05, 0) is 31.0 Å². The van der Waals surface area contributed by atoms with Crippen LogP contribution in [0.25, 0.3) is 16.6 Å². The van der Waals surface area contributed by atoms with Gasteiger partial charge in [-0.25, -0.2) is 9.67 Å². The van der Waals surface area contributed by atoms with E-state index in [4.69, 9.17) is 5.73 Å². The van der Waals surface area contributed by atoms with Gasteiger partial charge in [-0.2, -0.15) is 5.10 Å². The molecule has 0 bridgehead atoms. The minimum absolute atomic E-state index is 0.142. The Morgan fingerprint density at radius 1 is 1.19 bits per heavy atom. The fourth-order valence-electron chi connectivity index (χ4n) is 3.46. The van der Waals surface area contributed by atoms with Crippen LogP contribution < -0.4 is 5.73 Å². The largest absolute Gasteiger partial charge is 0.378 e. The number of hydrogen-bond acceptors (Lipinski definition) is 5. The first-order chi connectivity index (χ1) is 13.0. The molecular weight excluding hydrogens is 346 g/mol. The van der Waals surface area contributed by atoms with Crippen molar-refractivity contribution in [1.29, 1.82) is 0 Å². The third-order valence-corrected chi connectivity index (χ3v) is 4.91. The van der Waals surface area contributed by atoms with Crippen molar-refractivity contribution in [3.05, 3.63) is 54.5 Å². The van der Waals surface area contributed by atoms with E-state index in [0.29, 0.717) is 18.7 Å². The van der Waals surface area contributed by atoms with Crippen molar-refractivity contribution in [2.24, 2.45) is 5.73 Å². The molecule has 3 aromatic rings. The molecule has 1 unspecified atom stereocenters. The molecule has 1 saturated heterocycles. The predicted molar refractivity (Wildman–Crippen MR) is 98.1 cm³/mol. The summed E-state index contributed by atoms with van der Waals surface area (Å²) >= 11 is 0. The molecular formula is C19H19N5O3. The normalized spacial score (nSPS) is 20.0. The molecule has 27 heavy (non-hydrogen) atoms. The van der Waals surface area contributed by atoms with Crippen molar-refractivity contribution in [3.63, 3.8) is 0 Å². The van der Waals surface area contributed by atoms with Gasteiger partial charge in [-0.3, -0.25) is 9.59 Å². The van der Waals surface area contributed by atoms with Crippen molar-refractivity contribution in [1.82, 2.24) is 19.7 Å². The Hall–Kier alpha value is -3.26. The van der Waals surface area contributed by atoms with Gasteiger partial charge in [-0.1, -0.05) is 18.2 Å². The molecule has 3 N–H and O–H groups in total. The number of nitrogens with two attached hydrogens (primary N) is 1. The monoisotopic (exact) mass is 365 g/mol. The topological polar surface area (TPSA) is 114 Å². The van der Waals surface area contributed by atoms with Crippen LogP contribution in [0.3, 0.4) is 0 Å². The van der Waals surface area contributed by atoms with Crippen LogP contribution in [0.5, 0.6) is 0 Å². The molecule has 1 aliphatic heterocycles. The summed E-state index contributed by atoms with van der Waals surface area (Å²) in [7, 11) is 0. The van der Waals surface area contributed by atoms with E-state index in [9.17, 15) is 14.7 Å². The highest BCUT2D eigenvalue weighted by Gasteiger charge is 2.41. The summed E-state index contributed by atoms with van der Waals surface area (Å²) in [5.41, 5.74) is 5.21. The Morgan fingerprint density at radius 3 is 2.81 bits per heavy atom. The van der Waals surface area contributed by atoms with Gasteiger partial charge >= 0.3 is 0 Å². The molecule has 0 saturated carbocycles. The molecule has 8 nitrogen and oxygen atoms in total. The van der Waals surface area contributed by atoms with Crippen molar-refractivity contribution in [3.8, 4) is 5.69 Å². The lowest BCUT2D eigenvalue weighted by molar-refractivity contribution is -0.140. The number of fused-ring (bicyclic) bond motifs is 1. The number of rotatable bonds is 3. The molecule has 138 valence electrons. The number of aliphatic hydroxyl groups is 1. The first kappa shape index (κ1) is 17.2. The molecule has 0 radical (unpaired) electrons. The number of para-hydroxylation sites is 1. The zero-order valence-corrected chi connectivity index (χ0v) is 14.6. The molecule has 2 aromatic heterocycles. The molecule has 1 fully saturated rings. The van der Waals surface area contributed by atoms with Crippen molar-refractivity contribution in [2.45, 2.75) is 18.4 Å². The second kappa shape index (κ2) is 6.48. The summed E-state index contributed by atoms with van der Waals surface area (Å²) in [5, 5.41) is 15.7. The van der Waals surface area contributed by atoms with Crippen LogP contribution in [0, 0.1) is 0 Å². The lowest BCUT2D eigenvalue weighted by Gasteiger charge is -2.37. The summed E-state index contributed by atoms with van der Waals surface area (Å²) in [6.45, 7) is 0.279. The number of carbonyl (C=O) groups is 2. The number of β-amino-alcohol motifs (C(OH)–C–C–N with tert-alkyl or cyclic N) is 1. The minimum atomic E-state index is -1.71. The second-order valence-electron chi connectivity index (χ2n) is 6.71. The van der Waals surface area contributed by atoms with Gasteiger partial charge in [0.25, 0.3) is 11.8 Å². The summed E-state index contributed by atoms with van der Waals surface area (Å²) < 4.78 is 1.67. The van der Waals surface area contributed by atoms with E-state index in [1.807, 2.05) is 24.3 Å². The number of pyridine rings is 1. The number of piperidine rings is 1. The third kappa shape index (κ3) is 2.93. The molecule has 1 aliphatic rings. The maximum Gasteiger partial charge on any atom is 0.274 e. The fraction of sp³-hybridized carbons (Fsp3) is 0.263. The smallest absolute Gasteiger partial charge is 0.274 e. The quantitative estimate of drug-likeness (QED) is 0.715. The number of likely N-dealkylation sites (tertiary alicyclic amines) is 1. The molecule has 3 heterocycles. The Morgan fingerprint density at radius 2 is 2.00 bits per heavy atom. The van der Waals surface area contributed by atoms with E-state index in [0.717, 1.165) is 10.9 Å². The van der Waals surface area contributed by atoms with Crippen LogP contribution >= 0.6 is 0 Å². The molecule has 4 rings (SSSR count). The predicted octanol–water partition coefficient (Wildman–Crippen LogP) is 0.873. The minimum Gasteiger partial charge on any atom is -0.378 e. The van der Waals surface area contributed by atoms with Crippen molar-refractivity contribution in [2.75, 3.05) is 13.1 Å². The Labute approximate surface area is 155 Å². The summed E-state index contributed by atoms with van der Waals surface area (Å²) in [6.07, 6.45) is 3.99. The highest BCUT2D eigenvalue weighted by molar-refractivity contribution is 5.97. The van der Waals surface area contributed by atoms with Gasteiger partial charge in [-0.15, -0.1) is 0 Å². The number of hydrogen-bond donors (Lipinski definition) is 2. The average Bonchev–Trinajstić information content (AvgIpc) is 3.11. The van der Waals surface area contributed by atoms with E-state index in [1.165, 1.54) is 11.1 Å². The standard InChI is InChI=1S/C19H19N5O3/c20-18(26)19(27)8-4-10-23(12-19)17(25)16-15(7-3-9-21-16)24-14-6-2-1-5-13(14)11-22-24/h1-3,5-7,9,11,27H,4,8,10,12H2,(H2,20,26). The van der Waals surface area contributed by atoms with E-state index in [1.54, 1.807) is 23.0 Å². The lowest BCUT2D eigenvalue weighted by Crippen LogP contribution is -2.57. The van der Waals surface area contributed by atoms with Gasteiger partial charge in [0.1, 0.15) is 0 Å². The third-order valence-electron chi connectivity index (χ3n) is 4.91.